The van der Waals surface area contributed by atoms with Gasteiger partial charge in [-0.15, -0.1) is 0 Å². The molecule has 0 bridgehead atoms. The van der Waals surface area contributed by atoms with E-state index >= 15 is 0 Å². The van der Waals surface area contributed by atoms with Crippen molar-refractivity contribution in [2.24, 2.45) is 0 Å². The van der Waals surface area contributed by atoms with Crippen molar-refractivity contribution in [2.75, 3.05) is 24.6 Å². The summed E-state index contributed by atoms with van der Waals surface area (Å²) in [6.45, 7) is 9.42. The first-order chi connectivity index (χ1) is 22.5. The molecule has 0 spiro atoms. The minimum atomic E-state index is -1.63. The van der Waals surface area contributed by atoms with E-state index in [2.05, 4.69) is 49.7 Å². The van der Waals surface area contributed by atoms with Gasteiger partial charge in [-0.2, -0.15) is 0 Å². The molecule has 46 heavy (non-hydrogen) atoms. The van der Waals surface area contributed by atoms with Gasteiger partial charge in [0.2, 0.25) is 0 Å². The van der Waals surface area contributed by atoms with Crippen molar-refractivity contribution in [1.29, 1.82) is 0 Å². The van der Waals surface area contributed by atoms with Gasteiger partial charge in [-0.1, -0.05) is 52.4 Å². The minimum absolute atomic E-state index is 1.37. The Bertz CT molecular complexity index is 526. The Labute approximate surface area is 308 Å². The van der Waals surface area contributed by atoms with Crippen LogP contribution in [0.5, 0.6) is 0 Å². The van der Waals surface area contributed by atoms with Crippen molar-refractivity contribution < 1.29 is 0 Å². The van der Waals surface area contributed by atoms with Gasteiger partial charge in [0.1, 0.15) is 0 Å². The van der Waals surface area contributed by atoms with Crippen LogP contribution in [0, 0.1) is 0 Å². The van der Waals surface area contributed by atoms with Crippen molar-refractivity contribution in [3.63, 3.8) is 0 Å². The van der Waals surface area contributed by atoms with E-state index in [9.17, 15) is 0 Å². The molecule has 0 aromatic rings. The quantitative estimate of drug-likeness (QED) is 0.0330. The topological polar surface area (TPSA) is 0 Å². The molecular weight excluding hydrogens is 686 g/mol. The molecule has 0 N–H and O–H groups in total. The SMILES string of the molecule is CCCCCCCCCCCCCCCCP(I)(CCCCCC)(CCCCCC)CCCCCCCCCCCCCCCC. The van der Waals surface area contributed by atoms with Crippen molar-refractivity contribution in [3.8, 4) is 0 Å². The Balaban J connectivity index is 4.50. The van der Waals surface area contributed by atoms with Gasteiger partial charge >= 0.3 is 257 Å². The fourth-order valence-electron chi connectivity index (χ4n) is 7.94. The summed E-state index contributed by atoms with van der Waals surface area (Å²) in [5.74, 6) is 0. The van der Waals surface area contributed by atoms with E-state index in [1.807, 2.05) is 0 Å². The molecule has 0 aliphatic heterocycles. The Kier molecular flexibility index (Phi) is 36.9. The molecule has 2 heteroatoms. The van der Waals surface area contributed by atoms with Gasteiger partial charge in [-0.05, 0) is 0 Å². The average molecular weight is 779 g/mol. The Morgan fingerprint density at radius 3 is 0.522 bits per heavy atom. The van der Waals surface area contributed by atoms with Gasteiger partial charge in [0, 0.05) is 0 Å². The number of hydrogen-bond donors (Lipinski definition) is 0. The fraction of sp³-hybridized carbons (Fsp3) is 1.00. The first kappa shape index (κ1) is 47.2. The van der Waals surface area contributed by atoms with Crippen molar-refractivity contribution in [1.82, 2.24) is 0 Å². The van der Waals surface area contributed by atoms with Crippen LogP contribution in [0.2, 0.25) is 0 Å². The number of hydrogen-bond acceptors (Lipinski definition) is 0. The molecule has 0 fully saturated rings. The minimum Gasteiger partial charge on any atom is -0.0654 e. The van der Waals surface area contributed by atoms with Crippen molar-refractivity contribution >= 4 is 26.3 Å². The van der Waals surface area contributed by atoms with E-state index in [-0.39, 0.29) is 0 Å². The molecule has 0 aliphatic carbocycles. The van der Waals surface area contributed by atoms with Crippen molar-refractivity contribution in [2.45, 2.75) is 259 Å². The van der Waals surface area contributed by atoms with Crippen LogP contribution in [0.4, 0.5) is 0 Å². The van der Waals surface area contributed by atoms with Gasteiger partial charge < -0.3 is 0 Å². The third-order valence-corrected chi connectivity index (χ3v) is 22.8. The Morgan fingerprint density at radius 2 is 0.348 bits per heavy atom. The monoisotopic (exact) mass is 779 g/mol. The van der Waals surface area contributed by atoms with Gasteiger partial charge in [0.25, 0.3) is 0 Å². The van der Waals surface area contributed by atoms with E-state index in [4.69, 9.17) is 0 Å². The Morgan fingerprint density at radius 1 is 0.217 bits per heavy atom. The van der Waals surface area contributed by atoms with Crippen LogP contribution in [0.3, 0.4) is 0 Å². The van der Waals surface area contributed by atoms with E-state index in [1.165, 1.54) is 218 Å². The van der Waals surface area contributed by atoms with Gasteiger partial charge in [-0.25, -0.2) is 0 Å². The van der Waals surface area contributed by atoms with Crippen LogP contribution in [0.1, 0.15) is 259 Å². The first-order valence-electron chi connectivity index (χ1n) is 22.3. The van der Waals surface area contributed by atoms with Crippen LogP contribution >= 0.6 is 26.3 Å². The summed E-state index contributed by atoms with van der Waals surface area (Å²) in [6.07, 6.45) is 59.7. The zero-order chi connectivity index (χ0) is 33.7. The molecule has 0 rings (SSSR count). The second-order valence-corrected chi connectivity index (χ2v) is 29.6. The van der Waals surface area contributed by atoms with Crippen LogP contribution in [-0.4, -0.2) is 24.6 Å². The summed E-state index contributed by atoms with van der Waals surface area (Å²) in [4.78, 5) is 0. The second kappa shape index (κ2) is 36.0. The molecule has 0 amide bonds. The van der Waals surface area contributed by atoms with Gasteiger partial charge in [-0.3, -0.25) is 0 Å². The molecule has 0 atom stereocenters. The van der Waals surface area contributed by atoms with Crippen LogP contribution in [0.25, 0.3) is 0 Å². The van der Waals surface area contributed by atoms with E-state index < -0.39 is 4.25 Å². The molecule has 0 heterocycles. The molecular formula is C44H92IP. The molecule has 0 radical (unpaired) electrons. The number of halogens is 1. The summed E-state index contributed by atoms with van der Waals surface area (Å²) < 4.78 is -1.63. The Hall–Kier alpha value is 1.16. The van der Waals surface area contributed by atoms with Crippen LogP contribution in [-0.2, 0) is 0 Å². The van der Waals surface area contributed by atoms with E-state index in [0.717, 1.165) is 0 Å². The summed E-state index contributed by atoms with van der Waals surface area (Å²) >= 11 is 3.24. The standard InChI is InChI=1S/C44H92IP/c1-5-9-13-17-19-21-23-25-27-29-31-33-35-39-43-46(45,41-37-15-11-7-3,42-38-16-12-8-4)44-40-36-34-32-30-28-26-24-22-20-18-14-10-6-2/h5-44H2,1-4H3. The summed E-state index contributed by atoms with van der Waals surface area (Å²) in [5.41, 5.74) is 0. The maximum absolute atomic E-state index is 3.24. The summed E-state index contributed by atoms with van der Waals surface area (Å²) in [7, 11) is 0. The molecule has 0 unspecified atom stereocenters. The van der Waals surface area contributed by atoms with E-state index in [1.54, 1.807) is 37.5 Å². The molecule has 280 valence electrons. The normalized spacial score (nSPS) is 12.9. The van der Waals surface area contributed by atoms with Crippen molar-refractivity contribution in [3.05, 3.63) is 0 Å². The predicted octanol–water partition coefficient (Wildman–Crippen LogP) is 18.0. The second-order valence-electron chi connectivity index (χ2n) is 16.0. The molecule has 0 saturated heterocycles. The zero-order valence-corrected chi connectivity index (χ0v) is 36.2. The maximum atomic E-state index is 3.24. The van der Waals surface area contributed by atoms with Gasteiger partial charge in [0.15, 0.2) is 0 Å². The zero-order valence-electron chi connectivity index (χ0n) is 33.1. The van der Waals surface area contributed by atoms with Crippen LogP contribution in [0.15, 0.2) is 0 Å². The predicted molar refractivity (Wildman–Crippen MR) is 229 cm³/mol. The summed E-state index contributed by atoms with van der Waals surface area (Å²) in [5, 5.41) is 0. The molecule has 0 aliphatic rings. The smallest absolute Gasteiger partial charge is 0.0654 e. The fourth-order valence-corrected chi connectivity index (χ4v) is 17.4. The third-order valence-electron chi connectivity index (χ3n) is 11.3. The summed E-state index contributed by atoms with van der Waals surface area (Å²) in [6, 6.07) is 0. The number of rotatable bonds is 40. The molecule has 0 saturated carbocycles. The molecule has 0 aromatic heterocycles. The van der Waals surface area contributed by atoms with Crippen LogP contribution < -0.4 is 0 Å². The molecule has 0 nitrogen and oxygen atoms in total. The average Bonchev–Trinajstić information content (AvgIpc) is 3.06. The first-order valence-corrected chi connectivity index (χ1v) is 28.0. The van der Waals surface area contributed by atoms with E-state index in [0.29, 0.717) is 0 Å². The number of unbranched alkanes of at least 4 members (excludes halogenated alkanes) is 32. The molecule has 0 aromatic carbocycles. The van der Waals surface area contributed by atoms with Gasteiger partial charge in [0.05, 0.1) is 0 Å². The third kappa shape index (κ3) is 31.2.